The fraction of sp³-hybridized carbons (Fsp3) is 0.148. The molecule has 0 aliphatic carbocycles. The lowest BCUT2D eigenvalue weighted by Gasteiger charge is -2.21. The first-order chi connectivity index (χ1) is 16.9. The number of anilines is 3. The topological polar surface area (TPSA) is 79.0 Å². The van der Waals surface area contributed by atoms with Crippen LogP contribution in [0.25, 0.3) is 0 Å². The first-order valence-corrected chi connectivity index (χ1v) is 11.6. The van der Waals surface area contributed by atoms with Crippen LogP contribution in [0.2, 0.25) is 0 Å². The lowest BCUT2D eigenvalue weighted by Crippen LogP contribution is -2.32. The highest BCUT2D eigenvalue weighted by Gasteiger charge is 2.39. The summed E-state index contributed by atoms with van der Waals surface area (Å²) in [5, 5.41) is 2.71. The zero-order valence-electron chi connectivity index (χ0n) is 19.3. The van der Waals surface area contributed by atoms with Gasteiger partial charge in [0.05, 0.1) is 12.3 Å². The Labute approximate surface area is 208 Å². The number of para-hydroxylation sites is 1. The van der Waals surface area contributed by atoms with Gasteiger partial charge in [-0.1, -0.05) is 35.9 Å². The molecule has 3 aromatic rings. The van der Waals surface area contributed by atoms with Crippen molar-refractivity contribution in [3.8, 4) is 5.75 Å². The summed E-state index contributed by atoms with van der Waals surface area (Å²) < 4.78 is 5.41. The molecule has 0 spiro atoms. The van der Waals surface area contributed by atoms with Crippen LogP contribution in [-0.2, 0) is 9.59 Å². The quantitative estimate of drug-likeness (QED) is 0.441. The van der Waals surface area contributed by atoms with Gasteiger partial charge in [-0.3, -0.25) is 14.4 Å². The maximum absolute atomic E-state index is 13.2. The molecule has 0 unspecified atom stereocenters. The molecule has 4 rings (SSSR count). The molecule has 0 saturated heterocycles. The average molecular weight is 490 g/mol. The fourth-order valence-corrected chi connectivity index (χ4v) is 4.00. The van der Waals surface area contributed by atoms with E-state index in [1.807, 2.05) is 44.2 Å². The summed E-state index contributed by atoms with van der Waals surface area (Å²) in [6.45, 7) is 4.76. The summed E-state index contributed by atoms with van der Waals surface area (Å²) in [5.74, 6) is -0.768. The van der Waals surface area contributed by atoms with Gasteiger partial charge in [-0.25, -0.2) is 4.90 Å². The predicted octanol–water partition coefficient (Wildman–Crippen LogP) is 5.19. The molecule has 178 valence electrons. The van der Waals surface area contributed by atoms with E-state index in [0.29, 0.717) is 35.8 Å². The molecule has 8 heteroatoms. The van der Waals surface area contributed by atoms with Gasteiger partial charge >= 0.3 is 0 Å². The highest BCUT2D eigenvalue weighted by molar-refractivity contribution is 6.53. The molecular weight excluding hydrogens is 466 g/mol. The van der Waals surface area contributed by atoms with Gasteiger partial charge < -0.3 is 15.0 Å². The van der Waals surface area contributed by atoms with Crippen molar-refractivity contribution in [2.75, 3.05) is 28.3 Å². The van der Waals surface area contributed by atoms with E-state index in [0.717, 1.165) is 10.6 Å². The maximum Gasteiger partial charge on any atom is 0.283 e. The van der Waals surface area contributed by atoms with Crippen LogP contribution < -0.4 is 19.9 Å². The minimum absolute atomic E-state index is 0.0504. The van der Waals surface area contributed by atoms with Gasteiger partial charge in [0.25, 0.3) is 17.7 Å². The Hall–Kier alpha value is -4.10. The first-order valence-electron chi connectivity index (χ1n) is 11.2. The molecule has 35 heavy (non-hydrogen) atoms. The average Bonchev–Trinajstić information content (AvgIpc) is 3.09. The van der Waals surface area contributed by atoms with Gasteiger partial charge in [0.1, 0.15) is 16.5 Å². The second-order valence-corrected chi connectivity index (χ2v) is 8.03. The minimum atomic E-state index is -0.628. The smallest absolute Gasteiger partial charge is 0.283 e. The van der Waals surface area contributed by atoms with E-state index in [9.17, 15) is 14.4 Å². The van der Waals surface area contributed by atoms with E-state index >= 15 is 0 Å². The molecule has 1 N–H and O–H groups in total. The standard InChI is InChI=1S/C27H24ClN3O4/c1-3-30(20-11-6-5-7-12-20)25(32)18-9-8-10-19(17-18)29-24-23(28)26(33)31(27(24)34)21-13-15-22(16-14-21)35-4-2/h5-17,29H,3-4H2,1-2H3. The number of halogens is 1. The number of hydrogen-bond donors (Lipinski definition) is 1. The Bertz CT molecular complexity index is 1290. The third-order valence-corrected chi connectivity index (χ3v) is 5.79. The molecule has 1 aliphatic heterocycles. The molecule has 0 fully saturated rings. The largest absolute Gasteiger partial charge is 0.494 e. The summed E-state index contributed by atoms with van der Waals surface area (Å²) in [7, 11) is 0. The number of nitrogens with one attached hydrogen (secondary N) is 1. The number of rotatable bonds is 8. The van der Waals surface area contributed by atoms with Crippen LogP contribution >= 0.6 is 11.6 Å². The second kappa shape index (κ2) is 10.4. The van der Waals surface area contributed by atoms with Crippen molar-refractivity contribution in [3.63, 3.8) is 0 Å². The Kier molecular flexibility index (Phi) is 7.17. The van der Waals surface area contributed by atoms with Gasteiger partial charge in [-0.05, 0) is 68.4 Å². The van der Waals surface area contributed by atoms with Gasteiger partial charge in [-0.15, -0.1) is 0 Å². The number of nitrogens with zero attached hydrogens (tertiary/aromatic N) is 2. The van der Waals surface area contributed by atoms with Gasteiger partial charge in [0, 0.05) is 23.5 Å². The Morgan fingerprint density at radius 3 is 2.31 bits per heavy atom. The monoisotopic (exact) mass is 489 g/mol. The third kappa shape index (κ3) is 4.90. The molecule has 1 aliphatic rings. The van der Waals surface area contributed by atoms with E-state index < -0.39 is 11.8 Å². The zero-order chi connectivity index (χ0) is 24.9. The number of carbonyl (C=O) groups excluding carboxylic acids is 3. The fourth-order valence-electron chi connectivity index (χ4n) is 3.79. The molecule has 7 nitrogen and oxygen atoms in total. The number of imide groups is 1. The van der Waals surface area contributed by atoms with Crippen molar-refractivity contribution in [1.82, 2.24) is 0 Å². The van der Waals surface area contributed by atoms with E-state index in [1.54, 1.807) is 53.4 Å². The second-order valence-electron chi connectivity index (χ2n) is 7.65. The van der Waals surface area contributed by atoms with Crippen LogP contribution in [0.3, 0.4) is 0 Å². The summed E-state index contributed by atoms with van der Waals surface area (Å²) in [6.07, 6.45) is 0. The van der Waals surface area contributed by atoms with Gasteiger partial charge in [0.15, 0.2) is 0 Å². The summed E-state index contributed by atoms with van der Waals surface area (Å²) in [4.78, 5) is 41.7. The minimum Gasteiger partial charge on any atom is -0.494 e. The van der Waals surface area contributed by atoms with Crippen LogP contribution in [0, 0.1) is 0 Å². The van der Waals surface area contributed by atoms with Crippen LogP contribution in [0.5, 0.6) is 5.75 Å². The predicted molar refractivity (Wildman–Crippen MR) is 137 cm³/mol. The first kappa shape index (κ1) is 24.0. The maximum atomic E-state index is 13.2. The van der Waals surface area contributed by atoms with Crippen molar-refractivity contribution in [3.05, 3.63) is 95.2 Å². The molecule has 0 radical (unpaired) electrons. The number of carbonyl (C=O) groups is 3. The van der Waals surface area contributed by atoms with Crippen LogP contribution in [0.15, 0.2) is 89.6 Å². The van der Waals surface area contributed by atoms with E-state index in [1.165, 1.54) is 0 Å². The number of amides is 3. The molecule has 0 saturated carbocycles. The van der Waals surface area contributed by atoms with Crippen LogP contribution in [0.1, 0.15) is 24.2 Å². The van der Waals surface area contributed by atoms with E-state index in [-0.39, 0.29) is 16.6 Å². The van der Waals surface area contributed by atoms with E-state index in [4.69, 9.17) is 16.3 Å². The van der Waals surface area contributed by atoms with Crippen LogP contribution in [-0.4, -0.2) is 30.9 Å². The summed E-state index contributed by atoms with van der Waals surface area (Å²) in [6, 6.07) is 22.7. The molecule has 0 aromatic heterocycles. The molecule has 0 atom stereocenters. The Morgan fingerprint density at radius 1 is 0.943 bits per heavy atom. The van der Waals surface area contributed by atoms with Gasteiger partial charge in [0.2, 0.25) is 0 Å². The molecule has 1 heterocycles. The highest BCUT2D eigenvalue weighted by Crippen LogP contribution is 2.31. The normalized spacial score (nSPS) is 13.3. The molecular formula is C27H24ClN3O4. The number of benzene rings is 3. The van der Waals surface area contributed by atoms with Crippen LogP contribution in [0.4, 0.5) is 17.1 Å². The SMILES string of the molecule is CCOc1ccc(N2C(=O)C(Cl)=C(Nc3cccc(C(=O)N(CC)c4ccccc4)c3)C2=O)cc1. The number of ether oxygens (including phenoxy) is 1. The number of hydrogen-bond acceptors (Lipinski definition) is 5. The van der Waals surface area contributed by atoms with E-state index in [2.05, 4.69) is 5.32 Å². The third-order valence-electron chi connectivity index (χ3n) is 5.44. The molecule has 0 bridgehead atoms. The van der Waals surface area contributed by atoms with Crippen molar-refractivity contribution in [2.24, 2.45) is 0 Å². The summed E-state index contributed by atoms with van der Waals surface area (Å²) in [5.41, 5.74) is 2.00. The Morgan fingerprint density at radius 2 is 1.66 bits per heavy atom. The van der Waals surface area contributed by atoms with Crippen molar-refractivity contribution < 1.29 is 19.1 Å². The van der Waals surface area contributed by atoms with Crippen molar-refractivity contribution in [2.45, 2.75) is 13.8 Å². The van der Waals surface area contributed by atoms with Crippen molar-refractivity contribution >= 4 is 46.4 Å². The highest BCUT2D eigenvalue weighted by atomic mass is 35.5. The lowest BCUT2D eigenvalue weighted by atomic mass is 10.1. The Balaban J connectivity index is 1.55. The summed E-state index contributed by atoms with van der Waals surface area (Å²) >= 11 is 6.26. The van der Waals surface area contributed by atoms with Crippen molar-refractivity contribution in [1.29, 1.82) is 0 Å². The van der Waals surface area contributed by atoms with Gasteiger partial charge in [-0.2, -0.15) is 0 Å². The lowest BCUT2D eigenvalue weighted by molar-refractivity contribution is -0.120. The zero-order valence-corrected chi connectivity index (χ0v) is 20.1. The molecule has 3 aromatic carbocycles. The molecule has 3 amide bonds.